The first-order chi connectivity index (χ1) is 20.0. The van der Waals surface area contributed by atoms with Gasteiger partial charge < -0.3 is 14.4 Å². The molecule has 0 spiro atoms. The molecule has 1 atom stereocenters. The number of thiazole rings is 1. The minimum Gasteiger partial charge on any atom is -0.479 e. The van der Waals surface area contributed by atoms with Crippen LogP contribution in [0.4, 0.5) is 0 Å². The summed E-state index contributed by atoms with van der Waals surface area (Å²) in [5, 5.41) is 11.7. The molecule has 0 aliphatic carbocycles. The maximum absolute atomic E-state index is 12.6. The highest BCUT2D eigenvalue weighted by Crippen LogP contribution is 2.44. The highest BCUT2D eigenvalue weighted by molar-refractivity contribution is 7.22. The number of aliphatic carboxylic acids is 1. The van der Waals surface area contributed by atoms with Crippen molar-refractivity contribution in [3.05, 3.63) is 89.3 Å². The zero-order chi connectivity index (χ0) is 29.8. The number of carboxylic acids is 1. The Morgan fingerprint density at radius 2 is 1.71 bits per heavy atom. The van der Waals surface area contributed by atoms with Crippen LogP contribution in [0.5, 0.6) is 0 Å². The van der Waals surface area contributed by atoms with Gasteiger partial charge in [-0.25, -0.2) is 14.8 Å². The second-order valence-corrected chi connectivity index (χ2v) is 12.7. The summed E-state index contributed by atoms with van der Waals surface area (Å²) in [6.45, 7) is 7.48. The van der Waals surface area contributed by atoms with Gasteiger partial charge in [0.2, 0.25) is 0 Å². The Labute approximate surface area is 252 Å². The van der Waals surface area contributed by atoms with Gasteiger partial charge in [0.05, 0.1) is 38.9 Å². The summed E-state index contributed by atoms with van der Waals surface area (Å²) in [4.78, 5) is 26.7. The zero-order valence-corrected chi connectivity index (χ0v) is 25.4. The second kappa shape index (κ2) is 10.6. The average molecular weight is 597 g/mol. The first-order valence-electron chi connectivity index (χ1n) is 13.5. The van der Waals surface area contributed by atoms with Crippen molar-refractivity contribution in [2.45, 2.75) is 39.4 Å². The predicted molar refractivity (Wildman–Crippen MR) is 169 cm³/mol. The molecule has 0 radical (unpaired) electrons. The van der Waals surface area contributed by atoms with E-state index in [9.17, 15) is 9.90 Å². The molecule has 3 heterocycles. The Balaban J connectivity index is 1.53. The molecule has 0 saturated carbocycles. The van der Waals surface area contributed by atoms with Crippen molar-refractivity contribution in [1.29, 1.82) is 0 Å². The van der Waals surface area contributed by atoms with E-state index >= 15 is 0 Å². The summed E-state index contributed by atoms with van der Waals surface area (Å²) in [5.74, 6) is -1.05. The quantitative estimate of drug-likeness (QED) is 0.207. The molecule has 6 aromatic rings. The van der Waals surface area contributed by atoms with E-state index in [1.165, 1.54) is 11.3 Å². The molecule has 0 aliphatic heterocycles. The summed E-state index contributed by atoms with van der Waals surface area (Å²) in [5.41, 5.74) is 7.82. The molecule has 0 saturated heterocycles. The lowest BCUT2D eigenvalue weighted by molar-refractivity contribution is -0.160. The Bertz CT molecular complexity index is 1970. The van der Waals surface area contributed by atoms with Crippen LogP contribution in [-0.2, 0) is 16.6 Å². The van der Waals surface area contributed by atoms with Gasteiger partial charge >= 0.3 is 5.97 Å². The first kappa shape index (κ1) is 28.0. The van der Waals surface area contributed by atoms with Crippen LogP contribution in [0.25, 0.3) is 54.2 Å². The molecule has 9 heteroatoms. The molecule has 0 fully saturated rings. The molecule has 3 aromatic carbocycles. The van der Waals surface area contributed by atoms with Gasteiger partial charge in [-0.15, -0.1) is 11.3 Å². The Kier molecular flexibility index (Phi) is 7.09. The van der Waals surface area contributed by atoms with Crippen LogP contribution >= 0.6 is 22.9 Å². The van der Waals surface area contributed by atoms with Gasteiger partial charge in [0.1, 0.15) is 5.01 Å². The summed E-state index contributed by atoms with van der Waals surface area (Å²) < 4.78 is 9.00. The topological polar surface area (TPSA) is 90.1 Å². The number of imidazole rings is 1. The number of ether oxygens (including phenoxy) is 1. The van der Waals surface area contributed by atoms with E-state index in [1.54, 1.807) is 12.5 Å². The number of fused-ring (bicyclic) bond motifs is 2. The van der Waals surface area contributed by atoms with Crippen LogP contribution in [0.3, 0.4) is 0 Å². The van der Waals surface area contributed by atoms with Gasteiger partial charge in [-0.05, 0) is 81.3 Å². The van der Waals surface area contributed by atoms with Crippen LogP contribution in [0.2, 0.25) is 5.02 Å². The third-order valence-electron chi connectivity index (χ3n) is 7.05. The van der Waals surface area contributed by atoms with Crippen LogP contribution in [0, 0.1) is 6.92 Å². The third-order valence-corrected chi connectivity index (χ3v) is 8.44. The molecular weight excluding hydrogens is 568 g/mol. The largest absolute Gasteiger partial charge is 0.479 e. The molecule has 3 aromatic heterocycles. The van der Waals surface area contributed by atoms with Gasteiger partial charge in [0, 0.05) is 40.5 Å². The van der Waals surface area contributed by atoms with Gasteiger partial charge in [0.15, 0.2) is 6.10 Å². The Morgan fingerprint density at radius 1 is 0.976 bits per heavy atom. The van der Waals surface area contributed by atoms with E-state index in [0.717, 1.165) is 59.8 Å². The summed E-state index contributed by atoms with van der Waals surface area (Å²) in [7, 11) is 1.97. The molecular formula is C33H29ClN4O3S. The smallest absolute Gasteiger partial charge is 0.337 e. The van der Waals surface area contributed by atoms with Crippen molar-refractivity contribution in [2.24, 2.45) is 7.05 Å². The van der Waals surface area contributed by atoms with Crippen molar-refractivity contribution in [2.75, 3.05) is 0 Å². The van der Waals surface area contributed by atoms with Gasteiger partial charge in [0.25, 0.3) is 0 Å². The van der Waals surface area contributed by atoms with E-state index in [4.69, 9.17) is 21.3 Å². The normalized spacial score (nSPS) is 12.7. The lowest BCUT2D eigenvalue weighted by Crippen LogP contribution is -2.28. The highest BCUT2D eigenvalue weighted by atomic mass is 35.5. The van der Waals surface area contributed by atoms with E-state index in [0.29, 0.717) is 10.6 Å². The SMILES string of the molecule is Cc1cc2nc(-c3ccnc(-c4ccc5c(c4)ncn5C)c3)sc2c(-c2ccc(Cl)cc2)c1[C@H](OC(C)(C)C)C(=O)O. The number of aromatic nitrogens is 4. The Morgan fingerprint density at radius 3 is 2.43 bits per heavy atom. The fourth-order valence-corrected chi connectivity index (χ4v) is 6.43. The molecule has 7 nitrogen and oxygen atoms in total. The average Bonchev–Trinajstić information content (AvgIpc) is 3.54. The van der Waals surface area contributed by atoms with E-state index < -0.39 is 17.7 Å². The summed E-state index contributed by atoms with van der Waals surface area (Å²) >= 11 is 7.75. The van der Waals surface area contributed by atoms with Gasteiger partial charge in [-0.2, -0.15) is 0 Å². The second-order valence-electron chi connectivity index (χ2n) is 11.3. The third kappa shape index (κ3) is 5.29. The van der Waals surface area contributed by atoms with Crippen LogP contribution < -0.4 is 0 Å². The summed E-state index contributed by atoms with van der Waals surface area (Å²) in [6, 6.07) is 19.5. The molecule has 6 rings (SSSR count). The number of pyridine rings is 1. The monoisotopic (exact) mass is 596 g/mol. The van der Waals surface area contributed by atoms with Gasteiger partial charge in [-0.3, -0.25) is 4.98 Å². The van der Waals surface area contributed by atoms with Crippen molar-refractivity contribution >= 4 is 50.2 Å². The fourth-order valence-electron chi connectivity index (χ4n) is 5.18. The van der Waals surface area contributed by atoms with E-state index in [-0.39, 0.29) is 0 Å². The van der Waals surface area contributed by atoms with Crippen molar-refractivity contribution in [1.82, 2.24) is 19.5 Å². The number of hydrogen-bond acceptors (Lipinski definition) is 6. The number of carboxylic acid groups (broad SMARTS) is 1. The minimum absolute atomic E-state index is 0.600. The molecule has 0 aliphatic rings. The maximum atomic E-state index is 12.6. The number of rotatable bonds is 6. The molecule has 0 amide bonds. The van der Waals surface area contributed by atoms with Crippen LogP contribution in [-0.4, -0.2) is 36.2 Å². The molecule has 0 bridgehead atoms. The predicted octanol–water partition coefficient (Wildman–Crippen LogP) is 8.48. The Hall–Kier alpha value is -4.11. The number of carbonyl (C=O) groups is 1. The lowest BCUT2D eigenvalue weighted by atomic mass is 9.91. The maximum Gasteiger partial charge on any atom is 0.337 e. The molecule has 212 valence electrons. The lowest BCUT2D eigenvalue weighted by Gasteiger charge is -2.28. The summed E-state index contributed by atoms with van der Waals surface area (Å²) in [6.07, 6.45) is 2.42. The van der Waals surface area contributed by atoms with Crippen molar-refractivity contribution < 1.29 is 14.6 Å². The number of aryl methyl sites for hydroxylation is 2. The zero-order valence-electron chi connectivity index (χ0n) is 23.8. The van der Waals surface area contributed by atoms with Crippen LogP contribution in [0.15, 0.2) is 73.2 Å². The number of benzene rings is 3. The molecule has 42 heavy (non-hydrogen) atoms. The van der Waals surface area contributed by atoms with Crippen molar-refractivity contribution in [3.63, 3.8) is 0 Å². The van der Waals surface area contributed by atoms with Crippen molar-refractivity contribution in [3.8, 4) is 33.0 Å². The standard InChI is InChI=1S/C33H29ClN4O3S/c1-18-14-25-30(28(19-6-9-22(34)10-7-19)27(18)29(32(39)40)41-33(2,3)4)42-31(37-25)21-12-13-35-23(16-21)20-8-11-26-24(15-20)36-17-38(26)5/h6-17,29H,1-5H3,(H,39,40)/t29-/m0/s1. The van der Waals surface area contributed by atoms with Gasteiger partial charge in [-0.1, -0.05) is 29.8 Å². The number of halogens is 1. The molecule has 1 N–H and O–H groups in total. The van der Waals surface area contributed by atoms with Crippen LogP contribution in [0.1, 0.15) is 38.0 Å². The fraction of sp³-hybridized carbons (Fsp3) is 0.212. The number of hydrogen-bond donors (Lipinski definition) is 1. The van der Waals surface area contributed by atoms with E-state index in [2.05, 4.69) is 9.97 Å². The van der Waals surface area contributed by atoms with E-state index in [1.807, 2.05) is 100.0 Å². The molecule has 0 unspecified atom stereocenters. The highest BCUT2D eigenvalue weighted by Gasteiger charge is 2.32. The minimum atomic E-state index is -1.17. The first-order valence-corrected chi connectivity index (χ1v) is 14.7. The number of nitrogens with zero attached hydrogens (tertiary/aromatic N) is 4.